The van der Waals surface area contributed by atoms with Crippen LogP contribution < -0.4 is 5.56 Å². The van der Waals surface area contributed by atoms with Crippen molar-refractivity contribution in [3.05, 3.63) is 110 Å². The van der Waals surface area contributed by atoms with Crippen molar-refractivity contribution in [2.45, 2.75) is 32.7 Å². The standard InChI is InChI=1S/C28H24BrClN4O/c1-3-18(2)27-32-25-13-12-21(29)14-23(25)28(35)34(27)31-15-20-17-33(26-11-7-5-9-22(20)26)16-19-8-4-6-10-24(19)30/h4-15,17-18H,3,16H2,1-2H3/t18-/m1/s1. The second-order valence-electron chi connectivity index (χ2n) is 8.62. The van der Waals surface area contributed by atoms with Gasteiger partial charge in [0.15, 0.2) is 0 Å². The Kier molecular flexibility index (Phi) is 6.58. The molecule has 5 aromatic rings. The van der Waals surface area contributed by atoms with Crippen molar-refractivity contribution >= 4 is 55.6 Å². The molecular formula is C28H24BrClN4O. The van der Waals surface area contributed by atoms with Gasteiger partial charge in [-0.1, -0.05) is 77.8 Å². The van der Waals surface area contributed by atoms with E-state index in [0.29, 0.717) is 23.3 Å². The molecule has 7 heteroatoms. The number of fused-ring (bicyclic) bond motifs is 2. The fourth-order valence-electron chi connectivity index (χ4n) is 4.22. The lowest BCUT2D eigenvalue weighted by molar-refractivity contribution is 0.613. The number of hydrogen-bond donors (Lipinski definition) is 0. The third kappa shape index (κ3) is 4.56. The van der Waals surface area contributed by atoms with E-state index in [-0.39, 0.29) is 11.5 Å². The summed E-state index contributed by atoms with van der Waals surface area (Å²) in [5.41, 5.74) is 3.53. The molecule has 5 rings (SSSR count). The van der Waals surface area contributed by atoms with Gasteiger partial charge in [0, 0.05) is 44.6 Å². The molecule has 0 bridgehead atoms. The van der Waals surface area contributed by atoms with Gasteiger partial charge in [0.1, 0.15) is 5.82 Å². The molecule has 176 valence electrons. The van der Waals surface area contributed by atoms with Gasteiger partial charge < -0.3 is 4.57 Å². The predicted molar refractivity (Wildman–Crippen MR) is 148 cm³/mol. The fourth-order valence-corrected chi connectivity index (χ4v) is 4.77. The van der Waals surface area contributed by atoms with E-state index in [4.69, 9.17) is 16.6 Å². The molecule has 0 radical (unpaired) electrons. The van der Waals surface area contributed by atoms with Crippen LogP contribution in [0, 0.1) is 0 Å². The molecule has 5 nitrogen and oxygen atoms in total. The smallest absolute Gasteiger partial charge is 0.282 e. The van der Waals surface area contributed by atoms with E-state index in [1.165, 1.54) is 4.68 Å². The number of hydrogen-bond acceptors (Lipinski definition) is 3. The summed E-state index contributed by atoms with van der Waals surface area (Å²) < 4.78 is 4.44. The molecule has 0 unspecified atom stereocenters. The largest absolute Gasteiger partial charge is 0.342 e. The Morgan fingerprint density at radius 3 is 2.66 bits per heavy atom. The topological polar surface area (TPSA) is 52.2 Å². The third-order valence-corrected chi connectivity index (χ3v) is 7.18. The van der Waals surface area contributed by atoms with Crippen LogP contribution in [0.4, 0.5) is 0 Å². The van der Waals surface area contributed by atoms with Crippen molar-refractivity contribution in [2.24, 2.45) is 5.10 Å². The van der Waals surface area contributed by atoms with Gasteiger partial charge in [-0.3, -0.25) is 4.79 Å². The molecule has 0 spiro atoms. The normalized spacial score (nSPS) is 12.7. The number of halogens is 2. The third-order valence-electron chi connectivity index (χ3n) is 6.32. The van der Waals surface area contributed by atoms with Crippen LogP contribution in [0.3, 0.4) is 0 Å². The zero-order valence-corrected chi connectivity index (χ0v) is 21.8. The zero-order chi connectivity index (χ0) is 24.5. The average Bonchev–Trinajstić information content (AvgIpc) is 3.22. The highest BCUT2D eigenvalue weighted by Gasteiger charge is 2.16. The number of nitrogens with zero attached hydrogens (tertiary/aromatic N) is 4. The molecule has 0 aliphatic heterocycles. The second-order valence-corrected chi connectivity index (χ2v) is 9.95. The first-order valence-electron chi connectivity index (χ1n) is 11.5. The molecule has 0 amide bonds. The minimum Gasteiger partial charge on any atom is -0.342 e. The molecule has 0 saturated heterocycles. The van der Waals surface area contributed by atoms with E-state index in [9.17, 15) is 4.79 Å². The fraction of sp³-hybridized carbons (Fsp3) is 0.179. The van der Waals surface area contributed by atoms with Crippen LogP contribution in [0.25, 0.3) is 21.8 Å². The molecule has 2 heterocycles. The molecule has 2 aromatic heterocycles. The van der Waals surface area contributed by atoms with Crippen LogP contribution in [0.2, 0.25) is 5.02 Å². The lowest BCUT2D eigenvalue weighted by Gasteiger charge is -2.13. The van der Waals surface area contributed by atoms with Gasteiger partial charge in [-0.15, -0.1) is 0 Å². The van der Waals surface area contributed by atoms with Gasteiger partial charge in [0.05, 0.1) is 17.1 Å². The second kappa shape index (κ2) is 9.80. The van der Waals surface area contributed by atoms with E-state index in [1.807, 2.05) is 48.5 Å². The van der Waals surface area contributed by atoms with Crippen molar-refractivity contribution in [2.75, 3.05) is 0 Å². The Balaban J connectivity index is 1.63. The van der Waals surface area contributed by atoms with Gasteiger partial charge in [0.25, 0.3) is 5.56 Å². The van der Waals surface area contributed by atoms with Crippen molar-refractivity contribution in [1.82, 2.24) is 14.2 Å². The quantitative estimate of drug-likeness (QED) is 0.211. The minimum atomic E-state index is -0.178. The van der Waals surface area contributed by atoms with Crippen LogP contribution >= 0.6 is 27.5 Å². The molecule has 3 aromatic carbocycles. The molecule has 0 aliphatic rings. The van der Waals surface area contributed by atoms with Crippen LogP contribution in [0.1, 0.15) is 43.1 Å². The number of rotatable bonds is 6. The van der Waals surface area contributed by atoms with Gasteiger partial charge in [-0.25, -0.2) is 4.98 Å². The number of para-hydroxylation sites is 1. The summed E-state index contributed by atoms with van der Waals surface area (Å²) in [6.07, 6.45) is 4.65. The highest BCUT2D eigenvalue weighted by molar-refractivity contribution is 9.10. The van der Waals surface area contributed by atoms with Crippen LogP contribution in [0.5, 0.6) is 0 Å². The Labute approximate surface area is 216 Å². The van der Waals surface area contributed by atoms with Gasteiger partial charge in [0.2, 0.25) is 0 Å². The lowest BCUT2D eigenvalue weighted by Crippen LogP contribution is -2.23. The predicted octanol–water partition coefficient (Wildman–Crippen LogP) is 7.21. The maximum absolute atomic E-state index is 13.5. The van der Waals surface area contributed by atoms with E-state index in [2.05, 4.69) is 57.8 Å². The van der Waals surface area contributed by atoms with Gasteiger partial charge in [-0.05, 0) is 42.3 Å². The van der Waals surface area contributed by atoms with E-state index in [1.54, 1.807) is 12.3 Å². The lowest BCUT2D eigenvalue weighted by atomic mass is 10.1. The molecule has 0 aliphatic carbocycles. The molecule has 1 atom stereocenters. The molecule has 0 N–H and O–H groups in total. The first kappa shape index (κ1) is 23.5. The number of aromatic nitrogens is 3. The van der Waals surface area contributed by atoms with E-state index < -0.39 is 0 Å². The molecular weight excluding hydrogens is 524 g/mol. The summed E-state index contributed by atoms with van der Waals surface area (Å²) in [6, 6.07) is 21.6. The van der Waals surface area contributed by atoms with Gasteiger partial charge >= 0.3 is 0 Å². The Bertz CT molecular complexity index is 1640. The van der Waals surface area contributed by atoms with Crippen molar-refractivity contribution in [3.63, 3.8) is 0 Å². The van der Waals surface area contributed by atoms with Crippen molar-refractivity contribution < 1.29 is 0 Å². The molecule has 0 saturated carbocycles. The summed E-state index contributed by atoms with van der Waals surface area (Å²) in [4.78, 5) is 18.3. The molecule has 35 heavy (non-hydrogen) atoms. The molecule has 0 fully saturated rings. The zero-order valence-electron chi connectivity index (χ0n) is 19.5. The number of benzene rings is 3. The minimum absolute atomic E-state index is 0.0782. The first-order valence-corrected chi connectivity index (χ1v) is 12.7. The Hall–Kier alpha value is -3.22. The van der Waals surface area contributed by atoms with Gasteiger partial charge in [-0.2, -0.15) is 9.78 Å². The average molecular weight is 548 g/mol. The monoisotopic (exact) mass is 546 g/mol. The van der Waals surface area contributed by atoms with Crippen LogP contribution in [-0.2, 0) is 6.54 Å². The Morgan fingerprint density at radius 2 is 1.86 bits per heavy atom. The SMILES string of the molecule is CC[C@@H](C)c1nc2ccc(Br)cc2c(=O)n1N=Cc1cn(Cc2ccccc2Cl)c2ccccc12. The maximum atomic E-state index is 13.5. The summed E-state index contributed by atoms with van der Waals surface area (Å²) in [5.74, 6) is 0.734. The first-order chi connectivity index (χ1) is 17.0. The summed E-state index contributed by atoms with van der Waals surface area (Å²) in [6.45, 7) is 4.78. The Morgan fingerprint density at radius 1 is 1.09 bits per heavy atom. The van der Waals surface area contributed by atoms with Crippen molar-refractivity contribution in [1.29, 1.82) is 0 Å². The summed E-state index contributed by atoms with van der Waals surface area (Å²) in [5, 5.41) is 7.00. The van der Waals surface area contributed by atoms with Crippen LogP contribution in [-0.4, -0.2) is 20.4 Å². The van der Waals surface area contributed by atoms with Crippen LogP contribution in [0.15, 0.2) is 87.3 Å². The summed E-state index contributed by atoms with van der Waals surface area (Å²) >= 11 is 9.89. The van der Waals surface area contributed by atoms with Crippen molar-refractivity contribution in [3.8, 4) is 0 Å². The maximum Gasteiger partial charge on any atom is 0.282 e. The van der Waals surface area contributed by atoms with E-state index in [0.717, 1.165) is 37.9 Å². The highest BCUT2D eigenvalue weighted by atomic mass is 79.9. The van der Waals surface area contributed by atoms with E-state index >= 15 is 0 Å². The summed E-state index contributed by atoms with van der Waals surface area (Å²) in [7, 11) is 0. The highest BCUT2D eigenvalue weighted by Crippen LogP contribution is 2.25.